The number of nitrogens with zero attached hydrogens (tertiary/aromatic N) is 2. The Hall–Kier alpha value is -1.46. The average molecular weight is 263 g/mol. The zero-order valence-corrected chi connectivity index (χ0v) is 10.9. The predicted octanol–water partition coefficient (Wildman–Crippen LogP) is 1.70. The molecule has 2 bridgehead atoms. The van der Waals surface area contributed by atoms with Crippen LogP contribution in [0, 0.1) is 16.0 Å². The maximum absolute atomic E-state index is 11.1. The van der Waals surface area contributed by atoms with Crippen molar-refractivity contribution in [3.05, 3.63) is 39.9 Å². The molecule has 5 nitrogen and oxygen atoms in total. The van der Waals surface area contributed by atoms with E-state index in [2.05, 4.69) is 0 Å². The lowest BCUT2D eigenvalue weighted by molar-refractivity contribution is -0.958. The molecule has 102 valence electrons. The van der Waals surface area contributed by atoms with E-state index >= 15 is 0 Å². The van der Waals surface area contributed by atoms with E-state index in [0.29, 0.717) is 12.5 Å². The average Bonchev–Trinajstić information content (AvgIpc) is 2.39. The van der Waals surface area contributed by atoms with Crippen LogP contribution in [0.3, 0.4) is 0 Å². The number of aliphatic hydroxyl groups excluding tert-OH is 1. The van der Waals surface area contributed by atoms with Gasteiger partial charge in [-0.15, -0.1) is 0 Å². The van der Waals surface area contributed by atoms with Gasteiger partial charge in [-0.3, -0.25) is 10.1 Å². The molecule has 3 heterocycles. The number of rotatable bonds is 3. The fraction of sp³-hybridized carbons (Fsp3) is 0.571. The van der Waals surface area contributed by atoms with Crippen LogP contribution in [0.15, 0.2) is 24.3 Å². The smallest absolute Gasteiger partial charge is 0.278 e. The number of para-hydroxylation sites is 1. The molecule has 0 aliphatic carbocycles. The van der Waals surface area contributed by atoms with Gasteiger partial charge in [-0.1, -0.05) is 12.1 Å². The fourth-order valence-electron chi connectivity index (χ4n) is 3.66. The van der Waals surface area contributed by atoms with Crippen LogP contribution in [0.25, 0.3) is 0 Å². The standard InChI is InChI=1S/C14H19N2O3/c17-14-10-16(7-5-11(14)6-8-16)9-12-3-1-2-4-13(12)15(18)19/h1-4,11,14,17H,5-10H2/q+1/t11?,14-,16?/m0/s1. The van der Waals surface area contributed by atoms with Crippen molar-refractivity contribution in [3.63, 3.8) is 0 Å². The lowest BCUT2D eigenvalue weighted by atomic mass is 9.83. The number of piperidine rings is 3. The van der Waals surface area contributed by atoms with Crippen molar-refractivity contribution in [2.75, 3.05) is 19.6 Å². The molecule has 3 aliphatic rings. The third-order valence-electron chi connectivity index (χ3n) is 4.76. The minimum Gasteiger partial charge on any atom is -0.387 e. The van der Waals surface area contributed by atoms with E-state index in [1.54, 1.807) is 12.1 Å². The third kappa shape index (κ3) is 2.24. The SMILES string of the molecule is O=[N+]([O-])c1ccccc1C[N+]12CCC(CC1)[C@@H](O)C2. The number of benzene rings is 1. The zero-order chi connectivity index (χ0) is 13.5. The largest absolute Gasteiger partial charge is 0.387 e. The molecule has 0 spiro atoms. The maximum Gasteiger partial charge on any atom is 0.278 e. The molecule has 0 aromatic heterocycles. The summed E-state index contributed by atoms with van der Waals surface area (Å²) in [6, 6.07) is 6.98. The summed E-state index contributed by atoms with van der Waals surface area (Å²) >= 11 is 0. The Labute approximate surface area is 112 Å². The van der Waals surface area contributed by atoms with E-state index in [0.717, 1.165) is 42.5 Å². The Bertz CT molecular complexity index is 495. The van der Waals surface area contributed by atoms with E-state index in [9.17, 15) is 15.2 Å². The molecule has 1 aromatic rings. The molecule has 0 radical (unpaired) electrons. The quantitative estimate of drug-likeness (QED) is 0.513. The highest BCUT2D eigenvalue weighted by Crippen LogP contribution is 2.36. The number of nitro benzene ring substituents is 1. The first kappa shape index (κ1) is 12.6. The normalized spacial score (nSPS) is 33.3. The molecule has 1 atom stereocenters. The van der Waals surface area contributed by atoms with Gasteiger partial charge in [0, 0.05) is 24.8 Å². The fourth-order valence-corrected chi connectivity index (χ4v) is 3.66. The zero-order valence-electron chi connectivity index (χ0n) is 10.9. The van der Waals surface area contributed by atoms with Crippen molar-refractivity contribution >= 4 is 5.69 Å². The molecular formula is C14H19N2O3+. The minimum absolute atomic E-state index is 0.206. The van der Waals surface area contributed by atoms with Gasteiger partial charge >= 0.3 is 0 Å². The summed E-state index contributed by atoms with van der Waals surface area (Å²) in [6.45, 7) is 3.49. The van der Waals surface area contributed by atoms with Crippen molar-refractivity contribution in [1.82, 2.24) is 0 Å². The lowest BCUT2D eigenvalue weighted by Gasteiger charge is -2.51. The van der Waals surface area contributed by atoms with Gasteiger partial charge in [0.1, 0.15) is 19.2 Å². The first-order valence-corrected chi connectivity index (χ1v) is 6.85. The van der Waals surface area contributed by atoms with Gasteiger partial charge in [0.25, 0.3) is 5.69 Å². The Morgan fingerprint density at radius 3 is 2.63 bits per heavy atom. The molecule has 3 fully saturated rings. The van der Waals surface area contributed by atoms with Crippen LogP contribution in [0.5, 0.6) is 0 Å². The van der Waals surface area contributed by atoms with Crippen LogP contribution >= 0.6 is 0 Å². The Kier molecular flexibility index (Phi) is 3.03. The summed E-state index contributed by atoms with van der Waals surface area (Å²) < 4.78 is 0.808. The lowest BCUT2D eigenvalue weighted by Crippen LogP contribution is -2.63. The Balaban J connectivity index is 1.87. The van der Waals surface area contributed by atoms with Gasteiger partial charge in [0.15, 0.2) is 0 Å². The Morgan fingerprint density at radius 2 is 2.00 bits per heavy atom. The number of aliphatic hydroxyl groups is 1. The first-order chi connectivity index (χ1) is 9.10. The molecular weight excluding hydrogens is 244 g/mol. The van der Waals surface area contributed by atoms with Gasteiger partial charge in [0.05, 0.1) is 23.6 Å². The topological polar surface area (TPSA) is 63.4 Å². The van der Waals surface area contributed by atoms with E-state index < -0.39 is 0 Å². The van der Waals surface area contributed by atoms with Gasteiger partial charge in [0.2, 0.25) is 0 Å². The molecule has 1 N–H and O–H groups in total. The summed E-state index contributed by atoms with van der Waals surface area (Å²) in [5.74, 6) is 0.450. The highest BCUT2D eigenvalue weighted by molar-refractivity contribution is 5.39. The molecule has 4 rings (SSSR count). The monoisotopic (exact) mass is 263 g/mol. The number of fused-ring (bicyclic) bond motifs is 3. The van der Waals surface area contributed by atoms with Gasteiger partial charge in [-0.05, 0) is 6.07 Å². The van der Waals surface area contributed by atoms with E-state index in [1.165, 1.54) is 0 Å². The molecule has 0 amide bonds. The molecule has 3 saturated heterocycles. The molecule has 1 aromatic carbocycles. The summed E-state index contributed by atoms with van der Waals surface area (Å²) in [6.07, 6.45) is 1.86. The highest BCUT2D eigenvalue weighted by atomic mass is 16.6. The Morgan fingerprint density at radius 1 is 1.32 bits per heavy atom. The summed E-state index contributed by atoms with van der Waals surface area (Å²) in [4.78, 5) is 10.8. The van der Waals surface area contributed by atoms with Gasteiger partial charge < -0.3 is 9.59 Å². The predicted molar refractivity (Wildman–Crippen MR) is 70.4 cm³/mol. The van der Waals surface area contributed by atoms with Crippen LogP contribution < -0.4 is 0 Å². The van der Waals surface area contributed by atoms with Crippen molar-refractivity contribution in [1.29, 1.82) is 0 Å². The summed E-state index contributed by atoms with van der Waals surface area (Å²) in [5.41, 5.74) is 0.997. The number of nitro groups is 1. The van der Waals surface area contributed by atoms with Crippen LogP contribution in [0.4, 0.5) is 5.69 Å². The van der Waals surface area contributed by atoms with E-state index in [4.69, 9.17) is 0 Å². The molecule has 0 unspecified atom stereocenters. The van der Waals surface area contributed by atoms with E-state index in [-0.39, 0.29) is 16.7 Å². The second-order valence-corrected chi connectivity index (χ2v) is 5.92. The van der Waals surface area contributed by atoms with Crippen LogP contribution in [-0.4, -0.2) is 40.3 Å². The molecule has 3 aliphatic heterocycles. The van der Waals surface area contributed by atoms with Crippen LogP contribution in [0.1, 0.15) is 18.4 Å². The molecule has 0 saturated carbocycles. The van der Waals surface area contributed by atoms with Crippen molar-refractivity contribution in [2.45, 2.75) is 25.5 Å². The number of hydrogen-bond acceptors (Lipinski definition) is 3. The van der Waals surface area contributed by atoms with Crippen molar-refractivity contribution in [3.8, 4) is 0 Å². The maximum atomic E-state index is 11.1. The van der Waals surface area contributed by atoms with Crippen LogP contribution in [-0.2, 0) is 6.54 Å². The van der Waals surface area contributed by atoms with Gasteiger partial charge in [-0.2, -0.15) is 0 Å². The summed E-state index contributed by atoms with van der Waals surface area (Å²) in [5, 5.41) is 21.2. The summed E-state index contributed by atoms with van der Waals surface area (Å²) in [7, 11) is 0. The minimum atomic E-state index is -0.305. The van der Waals surface area contributed by atoms with E-state index in [1.807, 2.05) is 12.1 Å². The van der Waals surface area contributed by atoms with Crippen LogP contribution in [0.2, 0.25) is 0 Å². The molecule has 5 heteroatoms. The van der Waals surface area contributed by atoms with Crippen molar-refractivity contribution in [2.24, 2.45) is 5.92 Å². The van der Waals surface area contributed by atoms with Crippen molar-refractivity contribution < 1.29 is 14.5 Å². The number of hydrogen-bond donors (Lipinski definition) is 1. The second kappa shape index (κ2) is 4.58. The second-order valence-electron chi connectivity index (χ2n) is 5.92. The van der Waals surface area contributed by atoms with Gasteiger partial charge in [-0.25, -0.2) is 0 Å². The first-order valence-electron chi connectivity index (χ1n) is 6.85. The third-order valence-corrected chi connectivity index (χ3v) is 4.76. The molecule has 19 heavy (non-hydrogen) atoms. The highest BCUT2D eigenvalue weighted by Gasteiger charge is 2.45. The number of quaternary nitrogens is 1.